The van der Waals surface area contributed by atoms with E-state index in [1.165, 1.54) is 0 Å². The van der Waals surface area contributed by atoms with E-state index >= 15 is 0 Å². The fourth-order valence-corrected chi connectivity index (χ4v) is 3.96. The van der Waals surface area contributed by atoms with Crippen LogP contribution in [0.5, 0.6) is 0 Å². The van der Waals surface area contributed by atoms with Crippen molar-refractivity contribution in [3.63, 3.8) is 0 Å². The Balaban J connectivity index is 1.91. The molecule has 18 heavy (non-hydrogen) atoms. The van der Waals surface area contributed by atoms with Gasteiger partial charge < -0.3 is 11.1 Å². The summed E-state index contributed by atoms with van der Waals surface area (Å²) in [5.41, 5.74) is 5.88. The van der Waals surface area contributed by atoms with E-state index < -0.39 is 0 Å². The van der Waals surface area contributed by atoms with E-state index in [0.717, 1.165) is 34.3 Å². The van der Waals surface area contributed by atoms with Crippen molar-refractivity contribution in [2.45, 2.75) is 44.7 Å². The molecule has 0 bridgehead atoms. The van der Waals surface area contributed by atoms with Gasteiger partial charge in [0.2, 0.25) is 5.91 Å². The molecule has 1 heterocycles. The predicted octanol–water partition coefficient (Wildman–Crippen LogP) is 3.03. The van der Waals surface area contributed by atoms with Gasteiger partial charge in [0.05, 0.1) is 16.2 Å². The number of nitrogens with one attached hydrogen (secondary N) is 1. The van der Waals surface area contributed by atoms with Crippen LogP contribution in [0, 0.1) is 5.92 Å². The molecule has 1 amide bonds. The Morgan fingerprint density at radius 3 is 3.00 bits per heavy atom. The number of thiophene rings is 1. The lowest BCUT2D eigenvalue weighted by Crippen LogP contribution is -2.52. The summed E-state index contributed by atoms with van der Waals surface area (Å²) < 4.78 is 1.09. The molecule has 1 saturated carbocycles. The van der Waals surface area contributed by atoms with Crippen LogP contribution in [-0.2, 0) is 11.3 Å². The standard InChI is InChI=1S/C13H19BrN2OS/c1-13(15)7-3-2-4-10(13)12(17)16-8-9-5-6-11(14)18-9/h5-6,10H,2-4,7-8,15H2,1H3,(H,16,17). The van der Waals surface area contributed by atoms with Gasteiger partial charge in [-0.1, -0.05) is 12.8 Å². The molecular weight excluding hydrogens is 312 g/mol. The third-order valence-electron chi connectivity index (χ3n) is 3.64. The summed E-state index contributed by atoms with van der Waals surface area (Å²) in [5, 5.41) is 3.01. The van der Waals surface area contributed by atoms with Crippen molar-refractivity contribution >= 4 is 33.2 Å². The van der Waals surface area contributed by atoms with Crippen LogP contribution in [0.15, 0.2) is 15.9 Å². The Morgan fingerprint density at radius 2 is 2.39 bits per heavy atom. The van der Waals surface area contributed by atoms with Gasteiger partial charge in [-0.15, -0.1) is 11.3 Å². The van der Waals surface area contributed by atoms with Crippen molar-refractivity contribution in [1.82, 2.24) is 5.32 Å². The number of halogens is 1. The quantitative estimate of drug-likeness (QED) is 0.894. The SMILES string of the molecule is CC1(N)CCCCC1C(=O)NCc1ccc(Br)s1. The van der Waals surface area contributed by atoms with Gasteiger partial charge in [0, 0.05) is 10.4 Å². The number of carbonyl (C=O) groups excluding carboxylic acids is 1. The highest BCUT2D eigenvalue weighted by Gasteiger charge is 2.37. The van der Waals surface area contributed by atoms with Gasteiger partial charge >= 0.3 is 0 Å². The topological polar surface area (TPSA) is 55.1 Å². The van der Waals surface area contributed by atoms with E-state index in [0.29, 0.717) is 6.54 Å². The van der Waals surface area contributed by atoms with Crippen molar-refractivity contribution in [2.75, 3.05) is 0 Å². The maximum atomic E-state index is 12.2. The van der Waals surface area contributed by atoms with E-state index in [9.17, 15) is 4.79 Å². The molecule has 0 spiro atoms. The second-order valence-electron chi connectivity index (χ2n) is 5.23. The zero-order valence-electron chi connectivity index (χ0n) is 10.5. The molecule has 5 heteroatoms. The fourth-order valence-electron chi connectivity index (χ4n) is 2.53. The lowest BCUT2D eigenvalue weighted by Gasteiger charge is -2.37. The molecule has 0 saturated heterocycles. The first-order chi connectivity index (χ1) is 8.49. The van der Waals surface area contributed by atoms with Crippen LogP contribution in [-0.4, -0.2) is 11.4 Å². The van der Waals surface area contributed by atoms with Crippen LogP contribution in [0.1, 0.15) is 37.5 Å². The summed E-state index contributed by atoms with van der Waals surface area (Å²) in [4.78, 5) is 13.4. The third kappa shape index (κ3) is 3.33. The maximum Gasteiger partial charge on any atom is 0.225 e. The fraction of sp³-hybridized carbons (Fsp3) is 0.615. The van der Waals surface area contributed by atoms with Crippen molar-refractivity contribution < 1.29 is 4.79 Å². The molecular formula is C13H19BrN2OS. The Kier molecular flexibility index (Phi) is 4.45. The van der Waals surface area contributed by atoms with Gasteiger partial charge in [-0.05, 0) is 47.8 Å². The van der Waals surface area contributed by atoms with Crippen LogP contribution in [0.4, 0.5) is 0 Å². The molecule has 100 valence electrons. The van der Waals surface area contributed by atoms with Gasteiger partial charge in [0.1, 0.15) is 0 Å². The molecule has 0 radical (unpaired) electrons. The van der Waals surface area contributed by atoms with Gasteiger partial charge in [0.15, 0.2) is 0 Å². The van der Waals surface area contributed by atoms with Gasteiger partial charge in [-0.3, -0.25) is 4.79 Å². The summed E-state index contributed by atoms with van der Waals surface area (Å²) in [6.07, 6.45) is 4.09. The number of hydrogen-bond donors (Lipinski definition) is 2. The molecule has 2 atom stereocenters. The minimum absolute atomic E-state index is 0.0466. The Labute approximate surface area is 120 Å². The average molecular weight is 331 g/mol. The van der Waals surface area contributed by atoms with Gasteiger partial charge in [0.25, 0.3) is 0 Å². The predicted molar refractivity (Wildman–Crippen MR) is 78.4 cm³/mol. The first kappa shape index (κ1) is 14.0. The molecule has 2 rings (SSSR count). The minimum atomic E-state index is -0.349. The molecule has 0 aliphatic heterocycles. The van der Waals surface area contributed by atoms with Crippen LogP contribution in [0.25, 0.3) is 0 Å². The number of nitrogens with two attached hydrogens (primary N) is 1. The van der Waals surface area contributed by atoms with E-state index in [4.69, 9.17) is 5.73 Å². The monoisotopic (exact) mass is 330 g/mol. The zero-order valence-corrected chi connectivity index (χ0v) is 12.9. The second-order valence-corrected chi connectivity index (χ2v) is 7.78. The number of carbonyl (C=O) groups is 1. The second kappa shape index (κ2) is 5.72. The molecule has 2 unspecified atom stereocenters. The Morgan fingerprint density at radius 1 is 1.61 bits per heavy atom. The number of rotatable bonds is 3. The van der Waals surface area contributed by atoms with Crippen LogP contribution < -0.4 is 11.1 Å². The van der Waals surface area contributed by atoms with Crippen molar-refractivity contribution in [1.29, 1.82) is 0 Å². The maximum absolute atomic E-state index is 12.2. The molecule has 1 fully saturated rings. The van der Waals surface area contributed by atoms with Crippen molar-refractivity contribution in [2.24, 2.45) is 11.7 Å². The van der Waals surface area contributed by atoms with Crippen LogP contribution in [0.3, 0.4) is 0 Å². The van der Waals surface area contributed by atoms with Crippen molar-refractivity contribution in [3.05, 3.63) is 20.8 Å². The lowest BCUT2D eigenvalue weighted by molar-refractivity contribution is -0.128. The number of amides is 1. The van der Waals surface area contributed by atoms with E-state index in [-0.39, 0.29) is 17.4 Å². The molecule has 3 N–H and O–H groups in total. The minimum Gasteiger partial charge on any atom is -0.351 e. The molecule has 1 aromatic heterocycles. The first-order valence-electron chi connectivity index (χ1n) is 6.30. The smallest absolute Gasteiger partial charge is 0.225 e. The highest BCUT2D eigenvalue weighted by Crippen LogP contribution is 2.31. The summed E-state index contributed by atoms with van der Waals surface area (Å²) in [6.45, 7) is 2.60. The first-order valence-corrected chi connectivity index (χ1v) is 7.91. The lowest BCUT2D eigenvalue weighted by atomic mass is 9.74. The molecule has 1 aliphatic rings. The van der Waals surface area contributed by atoms with E-state index in [1.807, 2.05) is 19.1 Å². The summed E-state index contributed by atoms with van der Waals surface area (Å²) in [7, 11) is 0. The number of hydrogen-bond acceptors (Lipinski definition) is 3. The van der Waals surface area contributed by atoms with Crippen molar-refractivity contribution in [3.8, 4) is 0 Å². The summed E-state index contributed by atoms with van der Waals surface area (Å²) >= 11 is 5.07. The highest BCUT2D eigenvalue weighted by molar-refractivity contribution is 9.11. The summed E-state index contributed by atoms with van der Waals surface area (Å²) in [6, 6.07) is 4.03. The largest absolute Gasteiger partial charge is 0.351 e. The molecule has 1 aromatic rings. The highest BCUT2D eigenvalue weighted by atomic mass is 79.9. The van der Waals surface area contributed by atoms with E-state index in [1.54, 1.807) is 11.3 Å². The van der Waals surface area contributed by atoms with Gasteiger partial charge in [-0.25, -0.2) is 0 Å². The molecule has 3 nitrogen and oxygen atoms in total. The Bertz CT molecular complexity index is 430. The summed E-state index contributed by atoms with van der Waals surface area (Å²) in [5.74, 6) is 0.0545. The zero-order chi connectivity index (χ0) is 13.2. The van der Waals surface area contributed by atoms with Crippen LogP contribution >= 0.6 is 27.3 Å². The average Bonchev–Trinajstić information content (AvgIpc) is 2.71. The molecule has 0 aromatic carbocycles. The van der Waals surface area contributed by atoms with Crippen LogP contribution in [0.2, 0.25) is 0 Å². The third-order valence-corrected chi connectivity index (χ3v) is 5.26. The molecule has 1 aliphatic carbocycles. The van der Waals surface area contributed by atoms with Gasteiger partial charge in [-0.2, -0.15) is 0 Å². The normalized spacial score (nSPS) is 28.1. The Hall–Kier alpha value is -0.390. The van der Waals surface area contributed by atoms with E-state index in [2.05, 4.69) is 21.2 Å².